The molecule has 0 bridgehead atoms. The van der Waals surface area contributed by atoms with Crippen LogP contribution in [0.2, 0.25) is 0 Å². The van der Waals surface area contributed by atoms with E-state index in [2.05, 4.69) is 30.9 Å². The summed E-state index contributed by atoms with van der Waals surface area (Å²) in [5.74, 6) is 0. The minimum atomic E-state index is 0.952. The normalized spacial score (nSPS) is 10.8. The lowest BCUT2D eigenvalue weighted by atomic mass is 10.4. The Morgan fingerprint density at radius 3 is 2.44 bits per heavy atom. The second kappa shape index (κ2) is 3.92. The summed E-state index contributed by atoms with van der Waals surface area (Å²) in [4.78, 5) is 1.37. The molecule has 0 aliphatic rings. The first-order valence-corrected chi connectivity index (χ1v) is 5.86. The van der Waals surface area contributed by atoms with Crippen molar-refractivity contribution in [3.8, 4) is 0 Å². The third-order valence-electron chi connectivity index (χ3n) is 0.963. The lowest BCUT2D eigenvalue weighted by molar-refractivity contribution is 1.48. The number of hydrogen-bond donors (Lipinski definition) is 0. The molecule has 0 saturated heterocycles. The van der Waals surface area contributed by atoms with Crippen LogP contribution in [-0.4, -0.2) is 6.66 Å². The quantitative estimate of drug-likeness (QED) is 0.593. The summed E-state index contributed by atoms with van der Waals surface area (Å²) in [5, 5.41) is 0. The zero-order valence-corrected chi connectivity index (χ0v) is 7.11. The predicted octanol–water partition coefficient (Wildman–Crippen LogP) is 3.00. The van der Waals surface area contributed by atoms with Gasteiger partial charge in [-0.15, -0.1) is 11.4 Å². The molecule has 9 heavy (non-hydrogen) atoms. The Bertz CT molecular complexity index is 162. The largest absolute Gasteiger partial charge is 0.102 e. The molecule has 1 aromatic carbocycles. The lowest BCUT2D eigenvalue weighted by Crippen LogP contribution is -1.61. The van der Waals surface area contributed by atoms with Gasteiger partial charge in [0, 0.05) is 4.90 Å². The molecule has 0 N–H and O–H groups in total. The van der Waals surface area contributed by atoms with Gasteiger partial charge >= 0.3 is 0 Å². The van der Waals surface area contributed by atoms with Crippen molar-refractivity contribution in [2.24, 2.45) is 0 Å². The highest BCUT2D eigenvalue weighted by Crippen LogP contribution is 2.32. The summed E-state index contributed by atoms with van der Waals surface area (Å²) < 4.78 is 0. The molecule has 0 saturated carbocycles. The van der Waals surface area contributed by atoms with E-state index in [1.807, 2.05) is 17.4 Å². The van der Waals surface area contributed by atoms with Crippen molar-refractivity contribution in [2.45, 2.75) is 4.90 Å². The number of hydrogen-bond acceptors (Lipinski definition) is 1. The van der Waals surface area contributed by atoms with E-state index in [1.165, 1.54) is 4.90 Å². The molecular formula is C7H9PS. The van der Waals surface area contributed by atoms with Gasteiger partial charge in [-0.25, -0.2) is 0 Å². The molecule has 0 amide bonds. The van der Waals surface area contributed by atoms with E-state index in [0.29, 0.717) is 0 Å². The first-order valence-electron chi connectivity index (χ1n) is 2.82. The summed E-state index contributed by atoms with van der Waals surface area (Å²) in [7, 11) is 0.952. The van der Waals surface area contributed by atoms with Crippen LogP contribution in [0.1, 0.15) is 0 Å². The molecule has 1 rings (SSSR count). The van der Waals surface area contributed by atoms with Crippen LogP contribution in [0.5, 0.6) is 0 Å². The summed E-state index contributed by atoms with van der Waals surface area (Å²) in [6.45, 7) is 2.19. The molecule has 48 valence electrons. The monoisotopic (exact) mass is 156 g/mol. The molecule has 1 aromatic rings. The average Bonchev–Trinajstić information content (AvgIpc) is 1.91. The average molecular weight is 156 g/mol. The van der Waals surface area contributed by atoms with Crippen LogP contribution in [0, 0.1) is 0 Å². The molecule has 1 unspecified atom stereocenters. The highest BCUT2D eigenvalue weighted by Gasteiger charge is 1.84. The van der Waals surface area contributed by atoms with Gasteiger partial charge in [0.05, 0.1) is 0 Å². The third-order valence-corrected chi connectivity index (χ3v) is 2.99. The standard InChI is InChI=1S/C7H9PS/c1-8-9-7-5-3-2-4-6-7/h2-6,8H,1H3. The van der Waals surface area contributed by atoms with Crippen molar-refractivity contribution in [1.29, 1.82) is 0 Å². The van der Waals surface area contributed by atoms with Gasteiger partial charge in [0.1, 0.15) is 0 Å². The summed E-state index contributed by atoms with van der Waals surface area (Å²) >= 11 is 1.90. The minimum absolute atomic E-state index is 0.952. The van der Waals surface area contributed by atoms with Gasteiger partial charge in [-0.05, 0) is 18.8 Å². The van der Waals surface area contributed by atoms with E-state index in [4.69, 9.17) is 0 Å². The maximum atomic E-state index is 2.19. The maximum absolute atomic E-state index is 2.19. The van der Waals surface area contributed by atoms with Gasteiger partial charge in [0.2, 0.25) is 0 Å². The van der Waals surface area contributed by atoms with E-state index in [-0.39, 0.29) is 0 Å². The Morgan fingerprint density at radius 1 is 1.22 bits per heavy atom. The van der Waals surface area contributed by atoms with Crippen LogP contribution in [0.4, 0.5) is 0 Å². The smallest absolute Gasteiger partial charge is 0.0113 e. The minimum Gasteiger partial charge on any atom is -0.102 e. The Kier molecular flexibility index (Phi) is 3.10. The maximum Gasteiger partial charge on any atom is 0.0113 e. The molecule has 0 aliphatic heterocycles. The van der Waals surface area contributed by atoms with E-state index in [9.17, 15) is 0 Å². The second-order valence-corrected chi connectivity index (χ2v) is 4.54. The van der Waals surface area contributed by atoms with E-state index in [1.54, 1.807) is 0 Å². The van der Waals surface area contributed by atoms with Crippen LogP contribution in [0.3, 0.4) is 0 Å². The fraction of sp³-hybridized carbons (Fsp3) is 0.143. The fourth-order valence-corrected chi connectivity index (χ4v) is 2.25. The van der Waals surface area contributed by atoms with Gasteiger partial charge in [-0.1, -0.05) is 26.0 Å². The van der Waals surface area contributed by atoms with Crippen LogP contribution in [0.15, 0.2) is 35.2 Å². The Balaban J connectivity index is 2.61. The van der Waals surface area contributed by atoms with Gasteiger partial charge < -0.3 is 0 Å². The van der Waals surface area contributed by atoms with Crippen molar-refractivity contribution in [3.05, 3.63) is 30.3 Å². The van der Waals surface area contributed by atoms with Crippen molar-refractivity contribution in [3.63, 3.8) is 0 Å². The second-order valence-electron chi connectivity index (χ2n) is 1.62. The van der Waals surface area contributed by atoms with Crippen LogP contribution < -0.4 is 0 Å². The first kappa shape index (κ1) is 7.11. The van der Waals surface area contributed by atoms with E-state index >= 15 is 0 Å². The summed E-state index contributed by atoms with van der Waals surface area (Å²) in [5.41, 5.74) is 0. The molecule has 0 nitrogen and oxygen atoms in total. The van der Waals surface area contributed by atoms with Crippen molar-refractivity contribution >= 4 is 19.2 Å². The molecule has 2 heteroatoms. The molecule has 0 heterocycles. The molecule has 0 aliphatic carbocycles. The molecule has 0 fully saturated rings. The molecular weight excluding hydrogens is 147 g/mol. The molecule has 0 aromatic heterocycles. The van der Waals surface area contributed by atoms with Gasteiger partial charge in [0.25, 0.3) is 0 Å². The van der Waals surface area contributed by atoms with Crippen LogP contribution in [0.25, 0.3) is 0 Å². The highest BCUT2D eigenvalue weighted by atomic mass is 32.7. The van der Waals surface area contributed by atoms with Crippen molar-refractivity contribution < 1.29 is 0 Å². The number of rotatable bonds is 2. The summed E-state index contributed by atoms with van der Waals surface area (Å²) in [6, 6.07) is 10.5. The fourth-order valence-electron chi connectivity index (χ4n) is 0.606. The molecule has 1 atom stereocenters. The van der Waals surface area contributed by atoms with Gasteiger partial charge in [0.15, 0.2) is 0 Å². The molecule has 0 radical (unpaired) electrons. The number of benzene rings is 1. The van der Waals surface area contributed by atoms with Gasteiger partial charge in [-0.2, -0.15) is 0 Å². The van der Waals surface area contributed by atoms with E-state index < -0.39 is 0 Å². The van der Waals surface area contributed by atoms with Crippen molar-refractivity contribution in [1.82, 2.24) is 0 Å². The topological polar surface area (TPSA) is 0 Å². The lowest BCUT2D eigenvalue weighted by Gasteiger charge is -1.93. The predicted molar refractivity (Wildman–Crippen MR) is 46.5 cm³/mol. The van der Waals surface area contributed by atoms with Crippen molar-refractivity contribution in [2.75, 3.05) is 6.66 Å². The van der Waals surface area contributed by atoms with Gasteiger partial charge in [-0.3, -0.25) is 0 Å². The Labute approximate surface area is 61.6 Å². The highest BCUT2D eigenvalue weighted by molar-refractivity contribution is 8.49. The zero-order chi connectivity index (χ0) is 6.53. The van der Waals surface area contributed by atoms with E-state index in [0.717, 1.165) is 7.78 Å². The first-order chi connectivity index (χ1) is 4.43. The van der Waals surface area contributed by atoms with Crippen LogP contribution >= 0.6 is 19.2 Å². The zero-order valence-electron chi connectivity index (χ0n) is 5.29. The Morgan fingerprint density at radius 2 is 1.89 bits per heavy atom. The Hall–Kier alpha value is 0. The molecule has 0 spiro atoms. The van der Waals surface area contributed by atoms with Crippen LogP contribution in [-0.2, 0) is 0 Å². The SMILES string of the molecule is CPSc1ccccc1. The summed E-state index contributed by atoms with van der Waals surface area (Å²) in [6.07, 6.45) is 0. The third kappa shape index (κ3) is 2.38.